The SMILES string of the molecule is Cc1ccc(C(=O)CCc2ccccc2)cc1C. The summed E-state index contributed by atoms with van der Waals surface area (Å²) < 4.78 is 0. The fraction of sp³-hybridized carbons (Fsp3) is 0.235. The van der Waals surface area contributed by atoms with Crippen molar-refractivity contribution in [3.05, 3.63) is 70.8 Å². The quantitative estimate of drug-likeness (QED) is 0.732. The van der Waals surface area contributed by atoms with E-state index < -0.39 is 0 Å². The molecule has 0 bridgehead atoms. The Labute approximate surface area is 108 Å². The minimum Gasteiger partial charge on any atom is -0.294 e. The first-order chi connectivity index (χ1) is 8.66. The number of Topliss-reactive ketones (excluding diaryl/α,β-unsaturated/α-hetero) is 1. The van der Waals surface area contributed by atoms with Crippen LogP contribution in [-0.2, 0) is 6.42 Å². The van der Waals surface area contributed by atoms with Crippen LogP contribution in [-0.4, -0.2) is 5.78 Å². The molecule has 0 N–H and O–H groups in total. The lowest BCUT2D eigenvalue weighted by molar-refractivity contribution is 0.0983. The minimum absolute atomic E-state index is 0.224. The summed E-state index contributed by atoms with van der Waals surface area (Å²) in [4.78, 5) is 12.1. The molecule has 0 spiro atoms. The first-order valence-electron chi connectivity index (χ1n) is 6.31. The Morgan fingerprint density at radius 3 is 2.33 bits per heavy atom. The molecule has 0 aliphatic rings. The van der Waals surface area contributed by atoms with Crippen molar-refractivity contribution in [3.63, 3.8) is 0 Å². The molecule has 0 amide bonds. The van der Waals surface area contributed by atoms with Crippen LogP contribution in [0.15, 0.2) is 48.5 Å². The van der Waals surface area contributed by atoms with E-state index in [0.29, 0.717) is 6.42 Å². The number of ketones is 1. The number of rotatable bonds is 4. The Kier molecular flexibility index (Phi) is 3.93. The molecule has 2 aromatic carbocycles. The van der Waals surface area contributed by atoms with Crippen molar-refractivity contribution in [2.75, 3.05) is 0 Å². The molecule has 0 aliphatic heterocycles. The van der Waals surface area contributed by atoms with E-state index in [-0.39, 0.29) is 5.78 Å². The van der Waals surface area contributed by atoms with Gasteiger partial charge in [-0.15, -0.1) is 0 Å². The van der Waals surface area contributed by atoms with E-state index in [1.165, 1.54) is 16.7 Å². The highest BCUT2D eigenvalue weighted by atomic mass is 16.1. The van der Waals surface area contributed by atoms with Gasteiger partial charge in [0.05, 0.1) is 0 Å². The van der Waals surface area contributed by atoms with Gasteiger partial charge >= 0.3 is 0 Å². The van der Waals surface area contributed by atoms with Gasteiger partial charge in [-0.2, -0.15) is 0 Å². The fourth-order valence-corrected chi connectivity index (χ4v) is 1.96. The fourth-order valence-electron chi connectivity index (χ4n) is 1.96. The van der Waals surface area contributed by atoms with E-state index in [1.54, 1.807) is 0 Å². The Hall–Kier alpha value is -1.89. The van der Waals surface area contributed by atoms with E-state index in [4.69, 9.17) is 0 Å². The van der Waals surface area contributed by atoms with Gasteiger partial charge in [0, 0.05) is 12.0 Å². The summed E-state index contributed by atoms with van der Waals surface area (Å²) in [5.74, 6) is 0.224. The predicted molar refractivity (Wildman–Crippen MR) is 75.0 cm³/mol. The van der Waals surface area contributed by atoms with Crippen LogP contribution in [0.4, 0.5) is 0 Å². The van der Waals surface area contributed by atoms with E-state index >= 15 is 0 Å². The predicted octanol–water partition coefficient (Wildman–Crippen LogP) is 4.12. The Bertz CT molecular complexity index is 541. The topological polar surface area (TPSA) is 17.1 Å². The van der Waals surface area contributed by atoms with Gasteiger partial charge in [0.15, 0.2) is 5.78 Å². The molecule has 0 aromatic heterocycles. The number of aryl methyl sites for hydroxylation is 3. The average molecular weight is 238 g/mol. The highest BCUT2D eigenvalue weighted by molar-refractivity contribution is 5.96. The maximum atomic E-state index is 12.1. The largest absolute Gasteiger partial charge is 0.294 e. The summed E-state index contributed by atoms with van der Waals surface area (Å²) in [6, 6.07) is 16.1. The monoisotopic (exact) mass is 238 g/mol. The van der Waals surface area contributed by atoms with Gasteiger partial charge in [-0.3, -0.25) is 4.79 Å². The summed E-state index contributed by atoms with van der Waals surface area (Å²) in [7, 11) is 0. The minimum atomic E-state index is 0.224. The lowest BCUT2D eigenvalue weighted by Crippen LogP contribution is -2.02. The van der Waals surface area contributed by atoms with Crippen LogP contribution < -0.4 is 0 Å². The molecule has 0 heterocycles. The molecule has 92 valence electrons. The molecule has 1 nitrogen and oxygen atoms in total. The molecule has 0 saturated carbocycles. The van der Waals surface area contributed by atoms with Crippen molar-refractivity contribution in [1.82, 2.24) is 0 Å². The Morgan fingerprint density at radius 1 is 0.944 bits per heavy atom. The Balaban J connectivity index is 2.02. The van der Waals surface area contributed by atoms with Gasteiger partial charge in [0.25, 0.3) is 0 Å². The van der Waals surface area contributed by atoms with Crippen molar-refractivity contribution in [2.24, 2.45) is 0 Å². The van der Waals surface area contributed by atoms with Gasteiger partial charge in [-0.25, -0.2) is 0 Å². The highest BCUT2D eigenvalue weighted by Crippen LogP contribution is 2.13. The van der Waals surface area contributed by atoms with E-state index in [9.17, 15) is 4.79 Å². The zero-order chi connectivity index (χ0) is 13.0. The summed E-state index contributed by atoms with van der Waals surface area (Å²) in [5.41, 5.74) is 4.46. The Morgan fingerprint density at radius 2 is 1.67 bits per heavy atom. The van der Waals surface area contributed by atoms with Crippen molar-refractivity contribution in [3.8, 4) is 0 Å². The van der Waals surface area contributed by atoms with Gasteiger partial charge in [-0.05, 0) is 43.0 Å². The van der Waals surface area contributed by atoms with Crippen molar-refractivity contribution in [1.29, 1.82) is 0 Å². The molecule has 0 aliphatic carbocycles. The van der Waals surface area contributed by atoms with Crippen LogP contribution in [0.5, 0.6) is 0 Å². The van der Waals surface area contributed by atoms with Gasteiger partial charge < -0.3 is 0 Å². The molecule has 2 rings (SSSR count). The maximum Gasteiger partial charge on any atom is 0.163 e. The van der Waals surface area contributed by atoms with Gasteiger partial charge in [0.2, 0.25) is 0 Å². The van der Waals surface area contributed by atoms with Crippen LogP contribution in [0.3, 0.4) is 0 Å². The van der Waals surface area contributed by atoms with Crippen LogP contribution in [0.1, 0.15) is 33.5 Å². The summed E-state index contributed by atoms with van der Waals surface area (Å²) >= 11 is 0. The molecular formula is C17H18O. The zero-order valence-corrected chi connectivity index (χ0v) is 10.9. The van der Waals surface area contributed by atoms with E-state index in [0.717, 1.165) is 12.0 Å². The molecule has 2 aromatic rings. The number of hydrogen-bond acceptors (Lipinski definition) is 1. The third-order valence-corrected chi connectivity index (χ3v) is 3.31. The summed E-state index contributed by atoms with van der Waals surface area (Å²) in [6.07, 6.45) is 1.39. The van der Waals surface area contributed by atoms with Crippen molar-refractivity contribution < 1.29 is 4.79 Å². The molecule has 0 radical (unpaired) electrons. The highest BCUT2D eigenvalue weighted by Gasteiger charge is 2.07. The van der Waals surface area contributed by atoms with Crippen LogP contribution in [0.25, 0.3) is 0 Å². The normalized spacial score (nSPS) is 10.3. The zero-order valence-electron chi connectivity index (χ0n) is 10.9. The van der Waals surface area contributed by atoms with Crippen molar-refractivity contribution >= 4 is 5.78 Å². The first kappa shape index (κ1) is 12.6. The third-order valence-electron chi connectivity index (χ3n) is 3.31. The maximum absolute atomic E-state index is 12.1. The van der Waals surface area contributed by atoms with Gasteiger partial charge in [-0.1, -0.05) is 42.5 Å². The summed E-state index contributed by atoms with van der Waals surface area (Å²) in [5, 5.41) is 0. The molecule has 0 unspecified atom stereocenters. The first-order valence-corrected chi connectivity index (χ1v) is 6.31. The second kappa shape index (κ2) is 5.63. The van der Waals surface area contributed by atoms with Crippen LogP contribution in [0, 0.1) is 13.8 Å². The molecule has 0 saturated heterocycles. The lowest BCUT2D eigenvalue weighted by atomic mass is 9.99. The third kappa shape index (κ3) is 3.07. The molecular weight excluding hydrogens is 220 g/mol. The summed E-state index contributed by atoms with van der Waals surface area (Å²) in [6.45, 7) is 4.11. The van der Waals surface area contributed by atoms with E-state index in [1.807, 2.05) is 43.3 Å². The number of hydrogen-bond donors (Lipinski definition) is 0. The molecule has 18 heavy (non-hydrogen) atoms. The second-order valence-electron chi connectivity index (χ2n) is 4.71. The second-order valence-corrected chi connectivity index (χ2v) is 4.71. The van der Waals surface area contributed by atoms with E-state index in [2.05, 4.69) is 19.1 Å². The lowest BCUT2D eigenvalue weighted by Gasteiger charge is -2.05. The van der Waals surface area contributed by atoms with Crippen LogP contribution >= 0.6 is 0 Å². The molecule has 0 atom stereocenters. The van der Waals surface area contributed by atoms with Crippen LogP contribution in [0.2, 0.25) is 0 Å². The van der Waals surface area contributed by atoms with Crippen molar-refractivity contribution in [2.45, 2.75) is 26.7 Å². The standard InChI is InChI=1S/C17H18O/c1-13-8-10-16(12-14(13)2)17(18)11-9-15-6-4-3-5-7-15/h3-8,10,12H,9,11H2,1-2H3. The molecule has 1 heteroatoms. The average Bonchev–Trinajstić information content (AvgIpc) is 2.40. The number of carbonyl (C=O) groups is 1. The smallest absolute Gasteiger partial charge is 0.163 e. The van der Waals surface area contributed by atoms with Gasteiger partial charge in [0.1, 0.15) is 0 Å². The molecule has 0 fully saturated rings. The number of benzene rings is 2. The number of carbonyl (C=O) groups excluding carboxylic acids is 1.